The van der Waals surface area contributed by atoms with Gasteiger partial charge < -0.3 is 10.5 Å². The number of hydrogen-bond donors (Lipinski definition) is 1. The second-order valence-corrected chi connectivity index (χ2v) is 3.84. The minimum Gasteiger partial charge on any atom is -0.461 e. The van der Waals surface area contributed by atoms with E-state index in [0.29, 0.717) is 5.69 Å². The third kappa shape index (κ3) is 2.31. The summed E-state index contributed by atoms with van der Waals surface area (Å²) in [5.41, 5.74) is 6.21. The Labute approximate surface area is 114 Å². The Morgan fingerprint density at radius 3 is 3.00 bits per heavy atom. The smallest absolute Gasteiger partial charge is 0.360 e. The van der Waals surface area contributed by atoms with E-state index in [-0.39, 0.29) is 23.7 Å². The highest BCUT2D eigenvalue weighted by atomic mass is 19.1. The Balaban J connectivity index is 2.50. The average Bonchev–Trinajstić information content (AvgIpc) is 2.80. The van der Waals surface area contributed by atoms with E-state index in [2.05, 4.69) is 4.98 Å². The molecule has 0 spiro atoms. The molecule has 0 aliphatic heterocycles. The standard InChI is InChI=1S/C13H11FN4O2/c1-2-20-13(19)11-12(16)18(7-17-11)10-4-3-9(14)5-8(10)6-15/h3-5,7H,2,16H2,1H3. The molecule has 2 rings (SSSR count). The Hall–Kier alpha value is -2.88. The molecule has 102 valence electrons. The van der Waals surface area contributed by atoms with Crippen LogP contribution >= 0.6 is 0 Å². The largest absolute Gasteiger partial charge is 0.461 e. The molecule has 0 atom stereocenters. The van der Waals surface area contributed by atoms with E-state index < -0.39 is 11.8 Å². The lowest BCUT2D eigenvalue weighted by Gasteiger charge is -2.07. The number of hydrogen-bond acceptors (Lipinski definition) is 5. The molecular weight excluding hydrogens is 263 g/mol. The second-order valence-electron chi connectivity index (χ2n) is 3.84. The highest BCUT2D eigenvalue weighted by Gasteiger charge is 2.19. The van der Waals surface area contributed by atoms with Crippen LogP contribution in [0.1, 0.15) is 23.0 Å². The normalized spacial score (nSPS) is 10.1. The molecule has 0 bridgehead atoms. The highest BCUT2D eigenvalue weighted by molar-refractivity contribution is 5.92. The number of nitriles is 1. The third-order valence-corrected chi connectivity index (χ3v) is 2.61. The van der Waals surface area contributed by atoms with E-state index in [1.54, 1.807) is 6.92 Å². The average molecular weight is 274 g/mol. The summed E-state index contributed by atoms with van der Waals surface area (Å²) in [4.78, 5) is 15.5. The third-order valence-electron chi connectivity index (χ3n) is 2.61. The number of imidazole rings is 1. The lowest BCUT2D eigenvalue weighted by Crippen LogP contribution is -2.10. The quantitative estimate of drug-likeness (QED) is 0.859. The number of carbonyl (C=O) groups is 1. The van der Waals surface area contributed by atoms with Gasteiger partial charge in [0.2, 0.25) is 0 Å². The van der Waals surface area contributed by atoms with Crippen LogP contribution in [-0.4, -0.2) is 22.1 Å². The summed E-state index contributed by atoms with van der Waals surface area (Å²) in [5.74, 6) is -1.15. The Morgan fingerprint density at radius 2 is 2.35 bits per heavy atom. The molecule has 0 saturated heterocycles. The number of rotatable bonds is 3. The zero-order valence-electron chi connectivity index (χ0n) is 10.6. The first-order valence-corrected chi connectivity index (χ1v) is 5.78. The molecule has 2 N–H and O–H groups in total. The van der Waals surface area contributed by atoms with Crippen molar-refractivity contribution < 1.29 is 13.9 Å². The fraction of sp³-hybridized carbons (Fsp3) is 0.154. The maximum atomic E-state index is 13.1. The summed E-state index contributed by atoms with van der Waals surface area (Å²) in [5, 5.41) is 9.01. The van der Waals surface area contributed by atoms with Crippen LogP contribution in [0.2, 0.25) is 0 Å². The number of esters is 1. The maximum Gasteiger partial charge on any atom is 0.360 e. The van der Waals surface area contributed by atoms with Crippen molar-refractivity contribution in [2.24, 2.45) is 0 Å². The molecule has 0 fully saturated rings. The second kappa shape index (κ2) is 5.40. The van der Waals surface area contributed by atoms with Gasteiger partial charge in [-0.1, -0.05) is 0 Å². The van der Waals surface area contributed by atoms with Crippen LogP contribution in [0, 0.1) is 17.1 Å². The van der Waals surface area contributed by atoms with Crippen LogP contribution in [0.15, 0.2) is 24.5 Å². The minimum atomic E-state index is -0.649. The number of nitrogens with two attached hydrogens (primary N) is 1. The Kier molecular flexibility index (Phi) is 3.66. The van der Waals surface area contributed by atoms with Crippen molar-refractivity contribution in [1.29, 1.82) is 5.26 Å². The SMILES string of the molecule is CCOC(=O)c1ncn(-c2ccc(F)cc2C#N)c1N. The van der Waals surface area contributed by atoms with Crippen LogP contribution in [-0.2, 0) is 4.74 Å². The van der Waals surface area contributed by atoms with Gasteiger partial charge in [0.1, 0.15) is 24.0 Å². The first-order chi connectivity index (χ1) is 9.58. The topological polar surface area (TPSA) is 93.9 Å². The molecule has 0 radical (unpaired) electrons. The highest BCUT2D eigenvalue weighted by Crippen LogP contribution is 2.21. The van der Waals surface area contributed by atoms with Crippen molar-refractivity contribution in [3.63, 3.8) is 0 Å². The van der Waals surface area contributed by atoms with Crippen molar-refractivity contribution in [3.8, 4) is 11.8 Å². The molecule has 20 heavy (non-hydrogen) atoms. The molecule has 0 amide bonds. The number of nitrogens with zero attached hydrogens (tertiary/aromatic N) is 3. The van der Waals surface area contributed by atoms with Gasteiger partial charge in [0.25, 0.3) is 0 Å². The summed E-state index contributed by atoms with van der Waals surface area (Å²) in [6.07, 6.45) is 1.29. The van der Waals surface area contributed by atoms with Gasteiger partial charge in [-0.3, -0.25) is 4.57 Å². The van der Waals surface area contributed by atoms with Gasteiger partial charge in [-0.15, -0.1) is 0 Å². The van der Waals surface area contributed by atoms with Gasteiger partial charge in [0, 0.05) is 0 Å². The number of carbonyl (C=O) groups excluding carboxylic acids is 1. The van der Waals surface area contributed by atoms with Crippen molar-refractivity contribution in [3.05, 3.63) is 41.6 Å². The summed E-state index contributed by atoms with van der Waals surface area (Å²) >= 11 is 0. The van der Waals surface area contributed by atoms with Gasteiger partial charge in [-0.2, -0.15) is 5.26 Å². The number of ether oxygens (including phenoxy) is 1. The predicted octanol–water partition coefficient (Wildman–Crippen LogP) is 1.64. The van der Waals surface area contributed by atoms with Gasteiger partial charge in [0.05, 0.1) is 17.9 Å². The summed E-state index contributed by atoms with van der Waals surface area (Å²) in [7, 11) is 0. The van der Waals surface area contributed by atoms with Crippen molar-refractivity contribution in [2.45, 2.75) is 6.92 Å². The lowest BCUT2D eigenvalue weighted by molar-refractivity contribution is 0.0521. The molecular formula is C13H11FN4O2. The molecule has 0 unspecified atom stereocenters. The van der Waals surface area contributed by atoms with E-state index in [1.807, 2.05) is 6.07 Å². The number of nitrogen functional groups attached to an aromatic ring is 1. The van der Waals surface area contributed by atoms with Gasteiger partial charge in [-0.25, -0.2) is 14.2 Å². The first kappa shape index (κ1) is 13.5. The molecule has 1 aromatic heterocycles. The van der Waals surface area contributed by atoms with E-state index >= 15 is 0 Å². The maximum absolute atomic E-state index is 13.1. The van der Waals surface area contributed by atoms with Crippen LogP contribution in [0.4, 0.5) is 10.2 Å². The van der Waals surface area contributed by atoms with Gasteiger partial charge in [0.15, 0.2) is 5.69 Å². The predicted molar refractivity (Wildman–Crippen MR) is 68.6 cm³/mol. The van der Waals surface area contributed by atoms with Crippen molar-refractivity contribution in [2.75, 3.05) is 12.3 Å². The van der Waals surface area contributed by atoms with Crippen molar-refractivity contribution in [1.82, 2.24) is 9.55 Å². The zero-order chi connectivity index (χ0) is 14.7. The van der Waals surface area contributed by atoms with Crippen molar-refractivity contribution >= 4 is 11.8 Å². The van der Waals surface area contributed by atoms with Crippen LogP contribution < -0.4 is 5.73 Å². The first-order valence-electron chi connectivity index (χ1n) is 5.78. The number of halogens is 1. The number of benzene rings is 1. The molecule has 0 saturated carbocycles. The number of anilines is 1. The fourth-order valence-electron chi connectivity index (χ4n) is 1.71. The van der Waals surface area contributed by atoms with Gasteiger partial charge >= 0.3 is 5.97 Å². The van der Waals surface area contributed by atoms with Crippen LogP contribution in [0.5, 0.6) is 0 Å². The molecule has 2 aromatic rings. The zero-order valence-corrected chi connectivity index (χ0v) is 10.6. The lowest BCUT2D eigenvalue weighted by atomic mass is 10.2. The molecule has 0 aliphatic rings. The summed E-state index contributed by atoms with van der Waals surface area (Å²) in [6, 6.07) is 5.53. The molecule has 6 nitrogen and oxygen atoms in total. The number of aromatic nitrogens is 2. The molecule has 1 aromatic carbocycles. The monoisotopic (exact) mass is 274 g/mol. The van der Waals surface area contributed by atoms with Crippen LogP contribution in [0.25, 0.3) is 5.69 Å². The van der Waals surface area contributed by atoms with E-state index in [4.69, 9.17) is 15.7 Å². The minimum absolute atomic E-state index is 0.0339. The molecule has 7 heteroatoms. The fourth-order valence-corrected chi connectivity index (χ4v) is 1.71. The van der Waals surface area contributed by atoms with E-state index in [1.165, 1.54) is 23.0 Å². The van der Waals surface area contributed by atoms with Crippen LogP contribution in [0.3, 0.4) is 0 Å². The Bertz CT molecular complexity index is 703. The van der Waals surface area contributed by atoms with Gasteiger partial charge in [-0.05, 0) is 25.1 Å². The Morgan fingerprint density at radius 1 is 1.60 bits per heavy atom. The molecule has 1 heterocycles. The summed E-state index contributed by atoms with van der Waals surface area (Å²) in [6.45, 7) is 1.87. The molecule has 0 aliphatic carbocycles. The van der Waals surface area contributed by atoms with E-state index in [9.17, 15) is 9.18 Å². The summed E-state index contributed by atoms with van der Waals surface area (Å²) < 4.78 is 19.3. The van der Waals surface area contributed by atoms with E-state index in [0.717, 1.165) is 6.07 Å².